The molecule has 0 aliphatic heterocycles. The molecular formula is C46H47Cl4F4N9O2. The fourth-order valence-electron chi connectivity index (χ4n) is 7.08. The average Bonchev–Trinajstić information content (AvgIpc) is 3.90. The van der Waals surface area contributed by atoms with Gasteiger partial charge in [0.1, 0.15) is 46.9 Å². The van der Waals surface area contributed by atoms with Crippen LogP contribution in [0.1, 0.15) is 88.7 Å². The highest BCUT2D eigenvalue weighted by Crippen LogP contribution is 2.38. The molecule has 0 saturated heterocycles. The molecule has 2 amide bonds. The quantitative estimate of drug-likeness (QED) is 0.0820. The number of aromatic nitrogens is 4. The van der Waals surface area contributed by atoms with Crippen LogP contribution in [0.4, 0.5) is 34.8 Å². The second-order valence-electron chi connectivity index (χ2n) is 14.3. The van der Waals surface area contributed by atoms with E-state index in [0.717, 1.165) is 0 Å². The third-order valence-electron chi connectivity index (χ3n) is 10.4. The van der Waals surface area contributed by atoms with Gasteiger partial charge in [0.15, 0.2) is 0 Å². The number of nitrogens with one attached hydrogen (secondary N) is 3. The Morgan fingerprint density at radius 1 is 0.662 bits per heavy atom. The molecule has 2 aliphatic rings. The minimum absolute atomic E-state index is 0. The Hall–Kier alpha value is -5.42. The van der Waals surface area contributed by atoms with E-state index in [9.17, 15) is 27.2 Å². The minimum Gasteiger partial charge on any atom is -0.363 e. The summed E-state index contributed by atoms with van der Waals surface area (Å²) in [5, 5.41) is 8.82. The SMILES string of the molecule is CCN(CC)CC.Cl.Clc1ccncn1.N[C@H]1CCc2c(C(=O)Nc3ccc(F)c(Cl)c3)ccc(F)c21.O=C(Nc1ccc(F)c(Cl)c1)c1ccc(F)c2c1CC[C@@H]2Nc1ccncn1. The van der Waals surface area contributed by atoms with Crippen LogP contribution in [-0.4, -0.2) is 56.3 Å². The number of carbonyl (C=O) groups is 2. The summed E-state index contributed by atoms with van der Waals surface area (Å²) >= 11 is 16.8. The number of halogens is 8. The molecule has 5 N–H and O–H groups in total. The molecule has 4 aromatic carbocycles. The maximum absolute atomic E-state index is 14.5. The van der Waals surface area contributed by atoms with Crippen LogP contribution in [-0.2, 0) is 12.8 Å². The predicted octanol–water partition coefficient (Wildman–Crippen LogP) is 11.5. The highest BCUT2D eigenvalue weighted by atomic mass is 35.5. The molecular weight excluding hydrogens is 928 g/mol. The number of benzene rings is 4. The third kappa shape index (κ3) is 14.3. The van der Waals surface area contributed by atoms with Crippen LogP contribution in [0, 0.1) is 23.3 Å². The van der Waals surface area contributed by atoms with Crippen molar-refractivity contribution in [3.63, 3.8) is 0 Å². The van der Waals surface area contributed by atoms with Gasteiger partial charge in [0.2, 0.25) is 0 Å². The molecule has 0 fully saturated rings. The number of rotatable bonds is 9. The Morgan fingerprint density at radius 3 is 1.57 bits per heavy atom. The van der Waals surface area contributed by atoms with Crippen LogP contribution in [0.3, 0.4) is 0 Å². The molecule has 11 nitrogen and oxygen atoms in total. The monoisotopic (exact) mass is 973 g/mol. The molecule has 2 atom stereocenters. The van der Waals surface area contributed by atoms with E-state index in [4.69, 9.17) is 40.5 Å². The van der Waals surface area contributed by atoms with Crippen molar-refractivity contribution in [1.82, 2.24) is 24.8 Å². The number of nitrogens with two attached hydrogens (primary N) is 1. The highest BCUT2D eigenvalue weighted by molar-refractivity contribution is 6.31. The summed E-state index contributed by atoms with van der Waals surface area (Å²) < 4.78 is 54.8. The molecule has 344 valence electrons. The van der Waals surface area contributed by atoms with Gasteiger partial charge < -0.3 is 26.6 Å². The first-order chi connectivity index (χ1) is 30.7. The number of anilines is 3. The highest BCUT2D eigenvalue weighted by Gasteiger charge is 2.31. The molecule has 0 bridgehead atoms. The Kier molecular flexibility index (Phi) is 20.3. The van der Waals surface area contributed by atoms with Crippen LogP contribution < -0.4 is 21.7 Å². The zero-order chi connectivity index (χ0) is 46.3. The van der Waals surface area contributed by atoms with E-state index in [1.807, 2.05) is 0 Å². The van der Waals surface area contributed by atoms with Gasteiger partial charge in [-0.1, -0.05) is 55.6 Å². The second kappa shape index (κ2) is 25.3. The number of hydrogen-bond acceptors (Lipinski definition) is 9. The molecule has 0 spiro atoms. The summed E-state index contributed by atoms with van der Waals surface area (Å²) in [5.74, 6) is -2.10. The van der Waals surface area contributed by atoms with Gasteiger partial charge in [-0.05, 0) is 129 Å². The maximum atomic E-state index is 14.5. The summed E-state index contributed by atoms with van der Waals surface area (Å²) in [5.41, 5.74) is 9.52. The van der Waals surface area contributed by atoms with Gasteiger partial charge in [0.25, 0.3) is 11.8 Å². The molecule has 0 unspecified atom stereocenters. The first-order valence-corrected chi connectivity index (χ1v) is 21.4. The van der Waals surface area contributed by atoms with Gasteiger partial charge in [-0.25, -0.2) is 37.5 Å². The molecule has 0 saturated carbocycles. The molecule has 2 aromatic heterocycles. The lowest BCUT2D eigenvalue weighted by molar-refractivity contribution is 0.101. The van der Waals surface area contributed by atoms with E-state index in [1.165, 1.54) is 93.0 Å². The van der Waals surface area contributed by atoms with Crippen molar-refractivity contribution < 1.29 is 27.2 Å². The molecule has 2 heterocycles. The van der Waals surface area contributed by atoms with E-state index < -0.39 is 23.4 Å². The van der Waals surface area contributed by atoms with E-state index in [2.05, 4.69) is 61.6 Å². The minimum atomic E-state index is -0.569. The maximum Gasteiger partial charge on any atom is 0.255 e. The summed E-state index contributed by atoms with van der Waals surface area (Å²) in [6.07, 6.45) is 8.34. The largest absolute Gasteiger partial charge is 0.363 e. The van der Waals surface area contributed by atoms with Crippen molar-refractivity contribution in [3.8, 4) is 0 Å². The fourth-order valence-corrected chi connectivity index (χ4v) is 7.54. The molecule has 8 rings (SSSR count). The lowest BCUT2D eigenvalue weighted by atomic mass is 10.0. The molecule has 19 heteroatoms. The number of nitrogens with zero attached hydrogens (tertiary/aromatic N) is 5. The summed E-state index contributed by atoms with van der Waals surface area (Å²) in [7, 11) is 0. The summed E-state index contributed by atoms with van der Waals surface area (Å²) in [6, 6.07) is 15.9. The van der Waals surface area contributed by atoms with Crippen molar-refractivity contribution in [2.24, 2.45) is 5.73 Å². The Labute approximate surface area is 396 Å². The molecule has 2 aliphatic carbocycles. The first-order valence-electron chi connectivity index (χ1n) is 20.3. The van der Waals surface area contributed by atoms with Gasteiger partial charge in [-0.15, -0.1) is 12.4 Å². The van der Waals surface area contributed by atoms with Crippen molar-refractivity contribution in [3.05, 3.63) is 170 Å². The van der Waals surface area contributed by atoms with Crippen LogP contribution in [0.5, 0.6) is 0 Å². The smallest absolute Gasteiger partial charge is 0.255 e. The van der Waals surface area contributed by atoms with E-state index in [1.54, 1.807) is 24.5 Å². The summed E-state index contributed by atoms with van der Waals surface area (Å²) in [6.45, 7) is 10.1. The molecule has 65 heavy (non-hydrogen) atoms. The number of hydrogen-bond donors (Lipinski definition) is 4. The van der Waals surface area contributed by atoms with E-state index in [-0.39, 0.29) is 46.2 Å². The van der Waals surface area contributed by atoms with Crippen LogP contribution >= 0.6 is 47.2 Å². The Morgan fingerprint density at radius 2 is 1.14 bits per heavy atom. The average molecular weight is 976 g/mol. The van der Waals surface area contributed by atoms with Crippen LogP contribution in [0.15, 0.2) is 97.8 Å². The molecule has 6 aromatic rings. The number of amides is 2. The Bertz CT molecular complexity index is 2520. The van der Waals surface area contributed by atoms with Gasteiger partial charge >= 0.3 is 0 Å². The van der Waals surface area contributed by atoms with Crippen molar-refractivity contribution in [2.75, 3.05) is 35.6 Å². The van der Waals surface area contributed by atoms with Crippen LogP contribution in [0.25, 0.3) is 0 Å². The first kappa shape index (κ1) is 52.2. The lowest BCUT2D eigenvalue weighted by Gasteiger charge is -2.16. The zero-order valence-corrected chi connectivity index (χ0v) is 38.6. The standard InChI is InChI=1S/C20H15ClF2N4O.C16H13ClF2N2O.C6H15N.C4H3ClN2.ClH/c21-14-9-11(1-4-15(14)22)26-20(28)13-2-5-16(23)19-12(13)3-6-17(19)27-18-7-8-24-10-25-18;17-11-7-8(1-4-12(11)18)21-16(22)10-2-5-13(19)15-9(10)3-6-14(15)20;1-4-7(5-2)6-3;5-4-1-2-6-3-7-4;/h1-2,4-5,7-10,17H,3,6H2,(H,26,28)(H,24,25,27);1-2,4-5,7,14H,3,6,20H2,(H,21,22);4-6H2,1-3H3;1-3H;1H/t17-;14-;;;/m00.../s1. The topological polar surface area (TPSA) is 151 Å². The van der Waals surface area contributed by atoms with Gasteiger partial charge in [0.05, 0.1) is 16.1 Å². The van der Waals surface area contributed by atoms with Gasteiger partial charge in [-0.2, -0.15) is 0 Å². The van der Waals surface area contributed by atoms with Crippen molar-refractivity contribution in [1.29, 1.82) is 0 Å². The number of fused-ring (bicyclic) bond motifs is 2. The van der Waals surface area contributed by atoms with Gasteiger partial charge in [-0.3, -0.25) is 9.59 Å². The fraction of sp³-hybridized carbons (Fsp3) is 0.261. The third-order valence-corrected chi connectivity index (χ3v) is 11.2. The van der Waals surface area contributed by atoms with Gasteiger partial charge in [0, 0.05) is 52.1 Å². The van der Waals surface area contributed by atoms with E-state index >= 15 is 0 Å². The van der Waals surface area contributed by atoms with Crippen molar-refractivity contribution in [2.45, 2.75) is 58.5 Å². The second-order valence-corrected chi connectivity index (χ2v) is 15.5. The van der Waals surface area contributed by atoms with Crippen LogP contribution in [0.2, 0.25) is 15.2 Å². The Balaban J connectivity index is 0.000000220. The molecule has 0 radical (unpaired) electrons. The number of carbonyl (C=O) groups excluding carboxylic acids is 2. The lowest BCUT2D eigenvalue weighted by Crippen LogP contribution is -2.21. The van der Waals surface area contributed by atoms with Crippen molar-refractivity contribution >= 4 is 76.2 Å². The zero-order valence-electron chi connectivity index (χ0n) is 35.5. The van der Waals surface area contributed by atoms with E-state index in [0.29, 0.717) is 81.4 Å². The predicted molar refractivity (Wildman–Crippen MR) is 251 cm³/mol. The normalized spacial score (nSPS) is 14.2. The summed E-state index contributed by atoms with van der Waals surface area (Å²) in [4.78, 5) is 42.7.